The number of hydrogen-bond acceptors (Lipinski definition) is 3. The van der Waals surface area contributed by atoms with Crippen LogP contribution >= 0.6 is 0 Å². The van der Waals surface area contributed by atoms with Crippen molar-refractivity contribution < 1.29 is 12.8 Å². The van der Waals surface area contributed by atoms with Crippen LogP contribution in [0.3, 0.4) is 0 Å². The van der Waals surface area contributed by atoms with Crippen LogP contribution in [0.15, 0.2) is 23.2 Å². The molecule has 1 heterocycles. The second-order valence-electron chi connectivity index (χ2n) is 4.44. The molecule has 0 aliphatic carbocycles. The maximum atomic E-state index is 12.6. The third-order valence-electron chi connectivity index (χ3n) is 1.71. The molecule has 0 saturated carbocycles. The number of nitrogens with zero attached hydrogens (tertiary/aromatic N) is 1. The smallest absolute Gasteiger partial charge is 0.242 e. The van der Waals surface area contributed by atoms with E-state index in [-0.39, 0.29) is 10.6 Å². The van der Waals surface area contributed by atoms with Crippen molar-refractivity contribution >= 4 is 10.0 Å². The highest BCUT2D eigenvalue weighted by Crippen LogP contribution is 2.16. The van der Waals surface area contributed by atoms with Crippen molar-refractivity contribution in [1.82, 2.24) is 9.71 Å². The monoisotopic (exact) mass is 246 g/mol. The van der Waals surface area contributed by atoms with Crippen LogP contribution in [0.2, 0.25) is 0 Å². The molecule has 0 atom stereocenters. The first kappa shape index (κ1) is 13.1. The molecule has 0 aliphatic heterocycles. The second kappa shape index (κ2) is 4.47. The molecule has 0 aliphatic rings. The molecule has 1 rings (SSSR count). The molecule has 1 aromatic heterocycles. The molecular formula is C10H15FN2O2S. The molecule has 16 heavy (non-hydrogen) atoms. The van der Waals surface area contributed by atoms with Gasteiger partial charge in [0, 0.05) is 11.7 Å². The molecule has 0 fully saturated rings. The maximum absolute atomic E-state index is 12.6. The van der Waals surface area contributed by atoms with E-state index in [9.17, 15) is 12.8 Å². The minimum absolute atomic E-state index is 0.0701. The van der Waals surface area contributed by atoms with E-state index in [4.69, 9.17) is 0 Å². The molecule has 0 bridgehead atoms. The number of pyridine rings is 1. The van der Waals surface area contributed by atoms with Gasteiger partial charge in [-0.1, -0.05) is 0 Å². The van der Waals surface area contributed by atoms with E-state index >= 15 is 0 Å². The predicted molar refractivity (Wildman–Crippen MR) is 59.1 cm³/mol. The lowest BCUT2D eigenvalue weighted by Crippen LogP contribution is -2.40. The highest BCUT2D eigenvalue weighted by molar-refractivity contribution is 7.89. The Kier molecular flexibility index (Phi) is 3.64. The predicted octanol–water partition coefficient (Wildman–Crippen LogP) is 1.63. The average molecular weight is 246 g/mol. The van der Waals surface area contributed by atoms with Crippen LogP contribution in [0, 0.1) is 0 Å². The van der Waals surface area contributed by atoms with Crippen molar-refractivity contribution in [2.75, 3.05) is 0 Å². The number of alkyl halides is 1. The van der Waals surface area contributed by atoms with Crippen molar-refractivity contribution in [2.45, 2.75) is 37.9 Å². The Labute approximate surface area is 95.0 Å². The molecule has 1 N–H and O–H groups in total. The SMILES string of the molecule is CC(C)(C)NS(=O)(=O)c1cccnc1CF. The number of nitrogens with one attached hydrogen (secondary N) is 1. The average Bonchev–Trinajstić information content (AvgIpc) is 2.14. The summed E-state index contributed by atoms with van der Waals surface area (Å²) in [7, 11) is -3.71. The number of hydrogen-bond donors (Lipinski definition) is 1. The lowest BCUT2D eigenvalue weighted by atomic mass is 10.1. The number of rotatable bonds is 3. The Bertz CT molecular complexity index is 466. The Hall–Kier alpha value is -1.01. The van der Waals surface area contributed by atoms with Crippen LogP contribution in [0.25, 0.3) is 0 Å². The van der Waals surface area contributed by atoms with Crippen LogP contribution in [0.5, 0.6) is 0 Å². The van der Waals surface area contributed by atoms with Gasteiger partial charge in [-0.05, 0) is 32.9 Å². The zero-order valence-corrected chi connectivity index (χ0v) is 10.3. The first-order valence-corrected chi connectivity index (χ1v) is 6.28. The fraction of sp³-hybridized carbons (Fsp3) is 0.500. The summed E-state index contributed by atoms with van der Waals surface area (Å²) in [5, 5.41) is 0. The molecule has 0 unspecified atom stereocenters. The number of sulfonamides is 1. The van der Waals surface area contributed by atoms with Gasteiger partial charge in [0.05, 0.1) is 5.69 Å². The van der Waals surface area contributed by atoms with Crippen molar-refractivity contribution in [1.29, 1.82) is 0 Å². The van der Waals surface area contributed by atoms with Crippen molar-refractivity contribution in [3.63, 3.8) is 0 Å². The van der Waals surface area contributed by atoms with Gasteiger partial charge in [0.15, 0.2) is 0 Å². The third-order valence-corrected chi connectivity index (χ3v) is 3.54. The van der Waals surface area contributed by atoms with E-state index in [0.29, 0.717) is 0 Å². The highest BCUT2D eigenvalue weighted by Gasteiger charge is 2.24. The van der Waals surface area contributed by atoms with E-state index < -0.39 is 22.2 Å². The molecule has 0 radical (unpaired) electrons. The van der Waals surface area contributed by atoms with Crippen LogP contribution in [0.4, 0.5) is 4.39 Å². The quantitative estimate of drug-likeness (QED) is 0.881. The molecule has 4 nitrogen and oxygen atoms in total. The normalized spacial score (nSPS) is 12.8. The van der Waals surface area contributed by atoms with E-state index in [1.54, 1.807) is 20.8 Å². The summed E-state index contributed by atoms with van der Waals surface area (Å²) in [6.45, 7) is 4.25. The fourth-order valence-corrected chi connectivity index (χ4v) is 2.82. The van der Waals surface area contributed by atoms with Gasteiger partial charge >= 0.3 is 0 Å². The molecule has 1 aromatic rings. The molecule has 0 saturated heterocycles. The summed E-state index contributed by atoms with van der Waals surface area (Å²) in [6.07, 6.45) is 1.37. The Morgan fingerprint density at radius 2 is 2.06 bits per heavy atom. The lowest BCUT2D eigenvalue weighted by Gasteiger charge is -2.20. The van der Waals surface area contributed by atoms with Crippen LogP contribution in [0.1, 0.15) is 26.5 Å². The Morgan fingerprint density at radius 3 is 2.56 bits per heavy atom. The molecule has 90 valence electrons. The van der Waals surface area contributed by atoms with Crippen LogP contribution in [-0.2, 0) is 16.7 Å². The second-order valence-corrected chi connectivity index (χ2v) is 6.09. The molecule has 0 spiro atoms. The van der Waals surface area contributed by atoms with E-state index in [1.165, 1.54) is 18.3 Å². The molecule has 0 amide bonds. The highest BCUT2D eigenvalue weighted by atomic mass is 32.2. The van der Waals surface area contributed by atoms with Crippen LogP contribution < -0.4 is 4.72 Å². The van der Waals surface area contributed by atoms with Crippen molar-refractivity contribution in [3.8, 4) is 0 Å². The lowest BCUT2D eigenvalue weighted by molar-refractivity contribution is 0.462. The van der Waals surface area contributed by atoms with Crippen LogP contribution in [-0.4, -0.2) is 18.9 Å². The number of halogens is 1. The van der Waals surface area contributed by atoms with Crippen molar-refractivity contribution in [3.05, 3.63) is 24.0 Å². The van der Waals surface area contributed by atoms with Gasteiger partial charge in [0.25, 0.3) is 0 Å². The summed E-state index contributed by atoms with van der Waals surface area (Å²) in [6, 6.07) is 2.81. The standard InChI is InChI=1S/C10H15FN2O2S/c1-10(2,3)13-16(14,15)9-5-4-6-12-8(9)7-11/h4-6,13H,7H2,1-3H3. The zero-order valence-electron chi connectivity index (χ0n) is 9.49. The summed E-state index contributed by atoms with van der Waals surface area (Å²) >= 11 is 0. The molecule has 0 aromatic carbocycles. The summed E-state index contributed by atoms with van der Waals surface area (Å²) in [5.41, 5.74) is -0.679. The minimum atomic E-state index is -3.71. The third kappa shape index (κ3) is 3.24. The van der Waals surface area contributed by atoms with Gasteiger partial charge in [0.2, 0.25) is 10.0 Å². The van der Waals surface area contributed by atoms with Crippen molar-refractivity contribution in [2.24, 2.45) is 0 Å². The Balaban J connectivity index is 3.17. The largest absolute Gasteiger partial charge is 0.257 e. The Morgan fingerprint density at radius 1 is 1.44 bits per heavy atom. The fourth-order valence-electron chi connectivity index (χ4n) is 1.23. The molecular weight excluding hydrogens is 231 g/mol. The minimum Gasteiger partial charge on any atom is -0.257 e. The van der Waals surface area contributed by atoms with Gasteiger partial charge < -0.3 is 0 Å². The number of aromatic nitrogens is 1. The van der Waals surface area contributed by atoms with Gasteiger partial charge in [-0.25, -0.2) is 17.5 Å². The zero-order chi connectivity index (χ0) is 12.4. The van der Waals surface area contributed by atoms with Gasteiger partial charge in [-0.15, -0.1) is 0 Å². The van der Waals surface area contributed by atoms with E-state index in [2.05, 4.69) is 9.71 Å². The summed E-state index contributed by atoms with van der Waals surface area (Å²) in [4.78, 5) is 3.60. The van der Waals surface area contributed by atoms with Gasteiger partial charge in [-0.2, -0.15) is 0 Å². The van der Waals surface area contributed by atoms with Gasteiger partial charge in [0.1, 0.15) is 11.6 Å². The first-order chi connectivity index (χ1) is 7.26. The van der Waals surface area contributed by atoms with Gasteiger partial charge in [-0.3, -0.25) is 4.98 Å². The summed E-state index contributed by atoms with van der Waals surface area (Å²) < 4.78 is 38.9. The molecule has 6 heteroatoms. The maximum Gasteiger partial charge on any atom is 0.242 e. The van der Waals surface area contributed by atoms with E-state index in [0.717, 1.165) is 0 Å². The topological polar surface area (TPSA) is 59.1 Å². The van der Waals surface area contributed by atoms with E-state index in [1.807, 2.05) is 0 Å². The first-order valence-electron chi connectivity index (χ1n) is 4.80. The summed E-state index contributed by atoms with van der Waals surface area (Å²) in [5.74, 6) is 0.